The van der Waals surface area contributed by atoms with Gasteiger partial charge in [0.05, 0.1) is 63.4 Å². The molecule has 3 aromatic heterocycles. The summed E-state index contributed by atoms with van der Waals surface area (Å²) in [5, 5.41) is 7.94. The van der Waals surface area contributed by atoms with Crippen molar-refractivity contribution in [2.75, 3.05) is 77.1 Å². The number of rotatable bonds is 17. The van der Waals surface area contributed by atoms with Gasteiger partial charge >= 0.3 is 6.18 Å². The molecule has 49 heavy (non-hydrogen) atoms. The van der Waals surface area contributed by atoms with Gasteiger partial charge in [0.2, 0.25) is 0 Å². The number of ether oxygens (including phenoxy) is 4. The zero-order valence-electron chi connectivity index (χ0n) is 27.3. The summed E-state index contributed by atoms with van der Waals surface area (Å²) in [5.41, 5.74) is 7.46. The first-order chi connectivity index (χ1) is 23.7. The van der Waals surface area contributed by atoms with Crippen molar-refractivity contribution in [3.8, 4) is 11.3 Å². The third-order valence-corrected chi connectivity index (χ3v) is 7.83. The number of aromatic nitrogens is 5. The average Bonchev–Trinajstić information content (AvgIpc) is 3.50. The van der Waals surface area contributed by atoms with Crippen molar-refractivity contribution < 1.29 is 36.9 Å². The fraction of sp³-hybridized carbons (Fsp3) is 0.485. The Morgan fingerprint density at radius 1 is 0.959 bits per heavy atom. The minimum absolute atomic E-state index is 0.00242. The molecule has 0 saturated carbocycles. The van der Waals surface area contributed by atoms with Gasteiger partial charge in [0.25, 0.3) is 5.91 Å². The molecule has 1 aliphatic heterocycles. The molecule has 3 N–H and O–H groups in total. The molecule has 1 aliphatic rings. The summed E-state index contributed by atoms with van der Waals surface area (Å²) in [6.07, 6.45) is 0.657. The number of hydrogen-bond donors (Lipinski definition) is 2. The molecule has 16 heteroatoms. The van der Waals surface area contributed by atoms with Crippen LogP contribution in [-0.4, -0.2) is 102 Å². The lowest BCUT2D eigenvalue weighted by Crippen LogP contribution is -2.38. The van der Waals surface area contributed by atoms with Crippen LogP contribution in [0, 0.1) is 0 Å². The second-order valence-electron chi connectivity index (χ2n) is 11.5. The molecule has 1 aromatic carbocycles. The quantitative estimate of drug-likeness (QED) is 0.147. The molecule has 0 bridgehead atoms. The zero-order valence-corrected chi connectivity index (χ0v) is 27.3. The number of nitrogens with two attached hydrogens (primary N) is 1. The van der Waals surface area contributed by atoms with Crippen molar-refractivity contribution in [1.29, 1.82) is 0 Å². The van der Waals surface area contributed by atoms with Crippen LogP contribution in [-0.2, 0) is 25.1 Å². The molecule has 0 radical (unpaired) electrons. The topological polar surface area (TPSA) is 152 Å². The first-order valence-corrected chi connectivity index (χ1v) is 16.2. The summed E-state index contributed by atoms with van der Waals surface area (Å²) in [7, 11) is 0. The van der Waals surface area contributed by atoms with Gasteiger partial charge < -0.3 is 30.0 Å². The Balaban J connectivity index is 1.17. The Morgan fingerprint density at radius 3 is 2.35 bits per heavy atom. The minimum atomic E-state index is -4.55. The number of fused-ring (bicyclic) bond motifs is 1. The van der Waals surface area contributed by atoms with E-state index in [1.807, 2.05) is 4.68 Å². The molecule has 1 unspecified atom stereocenters. The van der Waals surface area contributed by atoms with Gasteiger partial charge in [0.1, 0.15) is 23.7 Å². The molecule has 4 heterocycles. The molecule has 4 aromatic rings. The van der Waals surface area contributed by atoms with E-state index in [0.29, 0.717) is 75.2 Å². The van der Waals surface area contributed by atoms with Gasteiger partial charge in [-0.25, -0.2) is 19.6 Å². The van der Waals surface area contributed by atoms with Gasteiger partial charge in [-0.05, 0) is 43.5 Å². The number of anilines is 2. The van der Waals surface area contributed by atoms with Crippen LogP contribution in [0.2, 0.25) is 0 Å². The standard InChI is InChI=1S/C33H41F3N8O5/c1-2-12-46-13-14-47-15-16-48-17-18-49-22-43-11-3-4-26(20-43)44-31-28(30(37)39-21-40-31)29(42-44)23-5-7-24(8-6-23)32(45)41-27-19-25(9-10-38-27)33(34,35)36/h5-10,19,21,26H,2-4,11-18,20,22H2,1H3,(H2,37,39,40)(H,38,41,45). The molecular formula is C33H41F3N8O5. The lowest BCUT2D eigenvalue weighted by molar-refractivity contribution is -0.137. The van der Waals surface area contributed by atoms with Gasteiger partial charge in [0, 0.05) is 37.0 Å². The summed E-state index contributed by atoms with van der Waals surface area (Å²) in [4.78, 5) is 27.6. The number of alkyl halides is 3. The highest BCUT2D eigenvalue weighted by atomic mass is 19.4. The number of nitrogen functional groups attached to an aromatic ring is 1. The average molecular weight is 687 g/mol. The maximum Gasteiger partial charge on any atom is 0.416 e. The van der Waals surface area contributed by atoms with E-state index in [-0.39, 0.29) is 23.2 Å². The Hall–Kier alpha value is -4.22. The number of halogens is 3. The highest BCUT2D eigenvalue weighted by Crippen LogP contribution is 2.34. The van der Waals surface area contributed by atoms with Crippen LogP contribution in [0.25, 0.3) is 22.3 Å². The lowest BCUT2D eigenvalue weighted by Gasteiger charge is -2.32. The number of piperidine rings is 1. The van der Waals surface area contributed by atoms with Crippen molar-refractivity contribution in [2.45, 2.75) is 38.4 Å². The second-order valence-corrected chi connectivity index (χ2v) is 11.5. The molecule has 0 spiro atoms. The SMILES string of the molecule is CCCOCCOCCOCCOCN1CCCC(n2nc(-c3ccc(C(=O)Nc4cc(C(F)(F)F)ccn4)cc3)c3c(N)ncnc32)C1. The van der Waals surface area contributed by atoms with Gasteiger partial charge in [-0.3, -0.25) is 9.69 Å². The Kier molecular flexibility index (Phi) is 12.8. The molecule has 1 fully saturated rings. The molecule has 264 valence electrons. The highest BCUT2D eigenvalue weighted by Gasteiger charge is 2.31. The van der Waals surface area contributed by atoms with Crippen LogP contribution in [0.1, 0.15) is 48.1 Å². The van der Waals surface area contributed by atoms with Crippen LogP contribution in [0.5, 0.6) is 0 Å². The fourth-order valence-electron chi connectivity index (χ4n) is 5.44. The first-order valence-electron chi connectivity index (χ1n) is 16.2. The third kappa shape index (κ3) is 9.92. The normalized spacial score (nSPS) is 15.6. The molecular weight excluding hydrogens is 645 g/mol. The van der Waals surface area contributed by atoms with Crippen molar-refractivity contribution >= 4 is 28.6 Å². The largest absolute Gasteiger partial charge is 0.416 e. The molecule has 1 atom stereocenters. The minimum Gasteiger partial charge on any atom is -0.383 e. The summed E-state index contributed by atoms with van der Waals surface area (Å²) in [6.45, 7) is 7.92. The van der Waals surface area contributed by atoms with Crippen LogP contribution in [0.3, 0.4) is 0 Å². The van der Waals surface area contributed by atoms with Gasteiger partial charge in [-0.1, -0.05) is 19.1 Å². The predicted octanol–water partition coefficient (Wildman–Crippen LogP) is 4.81. The molecule has 0 aliphatic carbocycles. The number of carbonyl (C=O) groups is 1. The number of amides is 1. The first kappa shape index (κ1) is 36.1. The summed E-state index contributed by atoms with van der Waals surface area (Å²) in [6, 6.07) is 8.14. The van der Waals surface area contributed by atoms with E-state index in [1.54, 1.807) is 24.3 Å². The molecule has 1 amide bonds. The van der Waals surface area contributed by atoms with E-state index in [1.165, 1.54) is 6.33 Å². The second kappa shape index (κ2) is 17.4. The van der Waals surface area contributed by atoms with Crippen LogP contribution < -0.4 is 11.1 Å². The number of pyridine rings is 1. The van der Waals surface area contributed by atoms with Crippen molar-refractivity contribution in [3.05, 3.63) is 60.0 Å². The highest BCUT2D eigenvalue weighted by molar-refractivity contribution is 6.04. The lowest BCUT2D eigenvalue weighted by atomic mass is 10.1. The third-order valence-electron chi connectivity index (χ3n) is 7.83. The monoisotopic (exact) mass is 686 g/mol. The van der Waals surface area contributed by atoms with E-state index >= 15 is 0 Å². The van der Waals surface area contributed by atoms with E-state index in [9.17, 15) is 18.0 Å². The Morgan fingerprint density at radius 2 is 1.65 bits per heavy atom. The number of likely N-dealkylation sites (tertiary alicyclic amines) is 1. The number of hydrogen-bond acceptors (Lipinski definition) is 11. The molecule has 13 nitrogen and oxygen atoms in total. The van der Waals surface area contributed by atoms with Crippen molar-refractivity contribution in [2.24, 2.45) is 0 Å². The Labute approximate surface area is 281 Å². The van der Waals surface area contributed by atoms with Crippen molar-refractivity contribution in [3.63, 3.8) is 0 Å². The fourth-order valence-corrected chi connectivity index (χ4v) is 5.44. The van der Waals surface area contributed by atoms with E-state index < -0.39 is 17.6 Å². The maximum absolute atomic E-state index is 13.1. The van der Waals surface area contributed by atoms with Gasteiger partial charge in [-0.2, -0.15) is 18.3 Å². The van der Waals surface area contributed by atoms with Crippen LogP contribution in [0.15, 0.2) is 48.9 Å². The van der Waals surface area contributed by atoms with Crippen molar-refractivity contribution in [1.82, 2.24) is 29.6 Å². The summed E-state index contributed by atoms with van der Waals surface area (Å²) < 4.78 is 63.4. The van der Waals surface area contributed by atoms with E-state index in [2.05, 4.69) is 32.1 Å². The van der Waals surface area contributed by atoms with E-state index in [4.69, 9.17) is 29.8 Å². The summed E-state index contributed by atoms with van der Waals surface area (Å²) in [5.74, 6) is -0.538. The van der Waals surface area contributed by atoms with Gasteiger partial charge in [-0.15, -0.1) is 0 Å². The Bertz CT molecular complexity index is 1650. The van der Waals surface area contributed by atoms with Gasteiger partial charge in [0.15, 0.2) is 5.65 Å². The van der Waals surface area contributed by atoms with Crippen LogP contribution >= 0.6 is 0 Å². The predicted molar refractivity (Wildman–Crippen MR) is 176 cm³/mol. The summed E-state index contributed by atoms with van der Waals surface area (Å²) >= 11 is 0. The number of benzene rings is 1. The molecule has 1 saturated heterocycles. The number of nitrogens with one attached hydrogen (secondary N) is 1. The number of nitrogens with zero attached hydrogens (tertiary/aromatic N) is 6. The molecule has 5 rings (SSSR count). The zero-order chi connectivity index (χ0) is 34.6. The van der Waals surface area contributed by atoms with E-state index in [0.717, 1.165) is 50.7 Å². The smallest absolute Gasteiger partial charge is 0.383 e. The maximum atomic E-state index is 13.1. The van der Waals surface area contributed by atoms with Crippen LogP contribution in [0.4, 0.5) is 24.8 Å². The number of carbonyl (C=O) groups excluding carboxylic acids is 1.